The molecule has 2 aliphatic rings. The number of piperidine rings is 1. The van der Waals surface area contributed by atoms with Gasteiger partial charge in [0.15, 0.2) is 11.5 Å². The Morgan fingerprint density at radius 2 is 2.19 bits per heavy atom. The summed E-state index contributed by atoms with van der Waals surface area (Å²) in [5.74, 6) is 0.886. The van der Waals surface area contributed by atoms with Crippen molar-refractivity contribution in [1.29, 1.82) is 0 Å². The van der Waals surface area contributed by atoms with Crippen LogP contribution in [0.25, 0.3) is 0 Å². The molecule has 2 aliphatic heterocycles. The van der Waals surface area contributed by atoms with Crippen molar-refractivity contribution < 1.29 is 19.1 Å². The lowest BCUT2D eigenvalue weighted by molar-refractivity contribution is -0.135. The molecule has 0 aromatic heterocycles. The van der Waals surface area contributed by atoms with Gasteiger partial charge >= 0.3 is 0 Å². The Labute approximate surface area is 164 Å². The van der Waals surface area contributed by atoms with Crippen LogP contribution in [0.1, 0.15) is 30.1 Å². The van der Waals surface area contributed by atoms with E-state index in [0.717, 1.165) is 19.4 Å². The fourth-order valence-corrected chi connectivity index (χ4v) is 3.98. The van der Waals surface area contributed by atoms with Gasteiger partial charge in [-0.1, -0.05) is 11.6 Å². The van der Waals surface area contributed by atoms with E-state index in [9.17, 15) is 9.59 Å². The monoisotopic (exact) mass is 395 g/mol. The van der Waals surface area contributed by atoms with Crippen LogP contribution in [0.3, 0.4) is 0 Å². The number of carbonyl (C=O) groups excluding carboxylic acids is 2. The molecule has 0 saturated carbocycles. The highest BCUT2D eigenvalue weighted by atomic mass is 35.5. The zero-order chi connectivity index (χ0) is 19.4. The van der Waals surface area contributed by atoms with Gasteiger partial charge in [0.05, 0.1) is 25.3 Å². The lowest BCUT2D eigenvalue weighted by Gasteiger charge is -2.41. The van der Waals surface area contributed by atoms with Crippen LogP contribution in [0.5, 0.6) is 11.5 Å². The second kappa shape index (κ2) is 8.80. The van der Waals surface area contributed by atoms with Gasteiger partial charge in [0.25, 0.3) is 5.91 Å². The topological polar surface area (TPSA) is 71.1 Å². The van der Waals surface area contributed by atoms with Gasteiger partial charge in [-0.15, -0.1) is 0 Å². The van der Waals surface area contributed by atoms with E-state index in [1.54, 1.807) is 17.0 Å². The Kier molecular flexibility index (Phi) is 6.44. The summed E-state index contributed by atoms with van der Waals surface area (Å²) in [5.41, 5.74) is 0.465. The number of hydrogen-bond donors (Lipinski definition) is 1. The van der Waals surface area contributed by atoms with Crippen molar-refractivity contribution in [3.63, 3.8) is 0 Å². The zero-order valence-corrected chi connectivity index (χ0v) is 16.6. The third-order valence-electron chi connectivity index (χ3n) is 5.02. The number of carbonyl (C=O) groups is 2. The third kappa shape index (κ3) is 4.30. The van der Waals surface area contributed by atoms with Crippen molar-refractivity contribution in [2.75, 3.05) is 46.4 Å². The quantitative estimate of drug-likeness (QED) is 0.823. The summed E-state index contributed by atoms with van der Waals surface area (Å²) in [6.07, 6.45) is 1.79. The molecule has 8 heteroatoms. The van der Waals surface area contributed by atoms with Gasteiger partial charge in [-0.25, -0.2) is 0 Å². The van der Waals surface area contributed by atoms with Crippen LogP contribution < -0.4 is 14.8 Å². The molecule has 0 spiro atoms. The molecule has 0 aliphatic carbocycles. The van der Waals surface area contributed by atoms with Crippen LogP contribution in [-0.2, 0) is 4.79 Å². The average Bonchev–Trinajstić information content (AvgIpc) is 2.69. The third-order valence-corrected chi connectivity index (χ3v) is 5.30. The van der Waals surface area contributed by atoms with E-state index >= 15 is 0 Å². The number of methoxy groups -OCH3 is 1. The van der Waals surface area contributed by atoms with E-state index in [2.05, 4.69) is 5.32 Å². The molecule has 148 valence electrons. The van der Waals surface area contributed by atoms with Gasteiger partial charge in [0.2, 0.25) is 5.91 Å². The van der Waals surface area contributed by atoms with Crippen LogP contribution in [0.2, 0.25) is 5.02 Å². The number of likely N-dealkylation sites (tertiary alicyclic amines) is 1. The van der Waals surface area contributed by atoms with Gasteiger partial charge in [-0.2, -0.15) is 0 Å². The second-order valence-corrected chi connectivity index (χ2v) is 7.14. The second-order valence-electron chi connectivity index (χ2n) is 6.73. The molecule has 2 fully saturated rings. The SMILES string of the molecule is CCOc1c(Cl)cc(C(=O)N2CCCC(N3CCNCC3=O)C2)cc1OC. The predicted molar refractivity (Wildman–Crippen MR) is 103 cm³/mol. The number of piperazine rings is 1. The fraction of sp³-hybridized carbons (Fsp3) is 0.579. The Morgan fingerprint density at radius 1 is 1.37 bits per heavy atom. The summed E-state index contributed by atoms with van der Waals surface area (Å²) in [4.78, 5) is 28.9. The summed E-state index contributed by atoms with van der Waals surface area (Å²) in [7, 11) is 1.52. The van der Waals surface area contributed by atoms with E-state index in [-0.39, 0.29) is 17.9 Å². The minimum absolute atomic E-state index is 0.0670. The molecule has 1 aromatic carbocycles. The van der Waals surface area contributed by atoms with Crippen molar-refractivity contribution >= 4 is 23.4 Å². The number of nitrogens with zero attached hydrogens (tertiary/aromatic N) is 2. The number of halogens is 1. The van der Waals surface area contributed by atoms with Gasteiger partial charge < -0.3 is 24.6 Å². The first-order chi connectivity index (χ1) is 13.0. The maximum atomic E-state index is 13.1. The number of amides is 2. The predicted octanol–water partition coefficient (Wildman–Crippen LogP) is 1.78. The summed E-state index contributed by atoms with van der Waals surface area (Å²) in [6, 6.07) is 3.35. The fourth-order valence-electron chi connectivity index (χ4n) is 3.71. The molecule has 2 amide bonds. The molecule has 3 rings (SSSR count). The summed E-state index contributed by atoms with van der Waals surface area (Å²) in [5, 5.41) is 3.44. The maximum Gasteiger partial charge on any atom is 0.254 e. The van der Waals surface area contributed by atoms with E-state index in [4.69, 9.17) is 21.1 Å². The van der Waals surface area contributed by atoms with E-state index in [1.165, 1.54) is 7.11 Å². The first-order valence-corrected chi connectivity index (χ1v) is 9.72. The highest BCUT2D eigenvalue weighted by molar-refractivity contribution is 6.32. The Bertz CT molecular complexity index is 712. The number of hydrogen-bond acceptors (Lipinski definition) is 5. The van der Waals surface area contributed by atoms with Gasteiger partial charge in [-0.05, 0) is 31.9 Å². The Morgan fingerprint density at radius 3 is 2.89 bits per heavy atom. The maximum absolute atomic E-state index is 13.1. The standard InChI is InChI=1S/C19H26ClN3O4/c1-3-27-18-15(20)9-13(10-16(18)26-2)19(25)22-7-4-5-14(12-22)23-8-6-21-11-17(23)24/h9-10,14,21H,3-8,11-12H2,1-2H3. The number of benzene rings is 1. The largest absolute Gasteiger partial charge is 0.493 e. The number of rotatable bonds is 5. The molecule has 27 heavy (non-hydrogen) atoms. The van der Waals surface area contributed by atoms with Crippen LogP contribution in [0.4, 0.5) is 0 Å². The van der Waals surface area contributed by atoms with Crippen LogP contribution >= 0.6 is 11.6 Å². The van der Waals surface area contributed by atoms with Crippen LogP contribution in [0, 0.1) is 0 Å². The van der Waals surface area contributed by atoms with Gasteiger partial charge in [0.1, 0.15) is 0 Å². The molecule has 2 saturated heterocycles. The first-order valence-electron chi connectivity index (χ1n) is 9.35. The Balaban J connectivity index is 1.77. The summed E-state index contributed by atoms with van der Waals surface area (Å²) < 4.78 is 10.9. The molecule has 1 aromatic rings. The van der Waals surface area contributed by atoms with Crippen LogP contribution in [-0.4, -0.2) is 74.1 Å². The van der Waals surface area contributed by atoms with Crippen LogP contribution in [0.15, 0.2) is 12.1 Å². The zero-order valence-electron chi connectivity index (χ0n) is 15.8. The summed E-state index contributed by atoms with van der Waals surface area (Å²) in [6.45, 7) is 5.38. The Hall–Kier alpha value is -1.99. The van der Waals surface area contributed by atoms with Crippen molar-refractivity contribution in [1.82, 2.24) is 15.1 Å². The lowest BCUT2D eigenvalue weighted by Crippen LogP contribution is -2.57. The van der Waals surface area contributed by atoms with Gasteiger partial charge in [-0.3, -0.25) is 9.59 Å². The molecule has 1 atom stereocenters. The highest BCUT2D eigenvalue weighted by Gasteiger charge is 2.32. The van der Waals surface area contributed by atoms with Gasteiger partial charge in [0, 0.05) is 37.8 Å². The first kappa shape index (κ1) is 19.8. The molecule has 0 radical (unpaired) electrons. The molecule has 7 nitrogen and oxygen atoms in total. The summed E-state index contributed by atoms with van der Waals surface area (Å²) >= 11 is 6.31. The van der Waals surface area contributed by atoms with Crippen molar-refractivity contribution in [3.05, 3.63) is 22.7 Å². The van der Waals surface area contributed by atoms with E-state index in [0.29, 0.717) is 54.9 Å². The minimum atomic E-state index is -0.106. The van der Waals surface area contributed by atoms with Crippen molar-refractivity contribution in [2.24, 2.45) is 0 Å². The average molecular weight is 396 g/mol. The number of nitrogens with one attached hydrogen (secondary N) is 1. The lowest BCUT2D eigenvalue weighted by atomic mass is 10.0. The molecule has 1 N–H and O–H groups in total. The minimum Gasteiger partial charge on any atom is -0.493 e. The molecule has 1 unspecified atom stereocenters. The highest BCUT2D eigenvalue weighted by Crippen LogP contribution is 2.37. The van der Waals surface area contributed by atoms with E-state index < -0.39 is 0 Å². The molecule has 0 bridgehead atoms. The molecule has 2 heterocycles. The molecular formula is C19H26ClN3O4. The smallest absolute Gasteiger partial charge is 0.254 e. The van der Waals surface area contributed by atoms with E-state index in [1.807, 2.05) is 11.8 Å². The number of ether oxygens (including phenoxy) is 2. The normalized spacial score (nSPS) is 20.6. The van der Waals surface area contributed by atoms with Crippen molar-refractivity contribution in [3.8, 4) is 11.5 Å². The van der Waals surface area contributed by atoms with Crippen molar-refractivity contribution in [2.45, 2.75) is 25.8 Å². The molecular weight excluding hydrogens is 370 g/mol.